The third kappa shape index (κ3) is 4.66. The van der Waals surface area contributed by atoms with Crippen molar-refractivity contribution in [3.05, 3.63) is 23.2 Å². The Kier molecular flexibility index (Phi) is 6.33. The van der Waals surface area contributed by atoms with Gasteiger partial charge in [0.15, 0.2) is 0 Å². The molecule has 0 radical (unpaired) electrons. The summed E-state index contributed by atoms with van der Waals surface area (Å²) < 4.78 is 1.87. The summed E-state index contributed by atoms with van der Waals surface area (Å²) in [5.74, 6) is 0.917. The van der Waals surface area contributed by atoms with Crippen molar-refractivity contribution in [3.8, 4) is 0 Å². The standard InChI is InChI=1S/C17H26N6O2S/c1-3-14-20-21-17(26-14)19-13(24)6-10-23-8-4-12(5-9-23)15(25)16-18-7-11-22(16)2/h7,11-12,15,25H,3-6,8-10H2,1-2H3,(H,19,21,24)/t15-/m1/s1. The zero-order valence-corrected chi connectivity index (χ0v) is 16.1. The van der Waals surface area contributed by atoms with E-state index >= 15 is 0 Å². The Morgan fingerprint density at radius 3 is 2.81 bits per heavy atom. The SMILES string of the molecule is CCc1nnc(NC(=O)CCN2CCC([C@@H](O)c3nccn3C)CC2)s1. The lowest BCUT2D eigenvalue weighted by molar-refractivity contribution is -0.116. The van der Waals surface area contributed by atoms with Crippen molar-refractivity contribution in [1.82, 2.24) is 24.6 Å². The maximum Gasteiger partial charge on any atom is 0.227 e. The van der Waals surface area contributed by atoms with Gasteiger partial charge in [-0.3, -0.25) is 4.79 Å². The summed E-state index contributed by atoms with van der Waals surface area (Å²) in [4.78, 5) is 18.6. The van der Waals surface area contributed by atoms with Crippen LogP contribution in [0.2, 0.25) is 0 Å². The number of aromatic nitrogens is 4. The van der Waals surface area contributed by atoms with Crippen LogP contribution in [0.5, 0.6) is 0 Å². The van der Waals surface area contributed by atoms with Crippen molar-refractivity contribution >= 4 is 22.4 Å². The summed E-state index contributed by atoms with van der Waals surface area (Å²) in [5.41, 5.74) is 0. The lowest BCUT2D eigenvalue weighted by Crippen LogP contribution is -2.37. The maximum atomic E-state index is 12.1. The third-order valence-electron chi connectivity index (χ3n) is 4.87. The summed E-state index contributed by atoms with van der Waals surface area (Å²) in [6.07, 6.45) is 6.13. The molecule has 0 spiro atoms. The molecule has 1 saturated heterocycles. The Hall–Kier alpha value is -1.84. The number of nitrogens with zero attached hydrogens (tertiary/aromatic N) is 5. The number of hydrogen-bond donors (Lipinski definition) is 2. The highest BCUT2D eigenvalue weighted by Gasteiger charge is 2.28. The molecule has 0 bridgehead atoms. The monoisotopic (exact) mass is 378 g/mol. The van der Waals surface area contributed by atoms with Crippen LogP contribution >= 0.6 is 11.3 Å². The van der Waals surface area contributed by atoms with Gasteiger partial charge in [0.05, 0.1) is 0 Å². The predicted octanol–water partition coefficient (Wildman–Crippen LogP) is 1.61. The van der Waals surface area contributed by atoms with Crippen molar-refractivity contribution in [2.24, 2.45) is 13.0 Å². The summed E-state index contributed by atoms with van der Waals surface area (Å²) >= 11 is 1.42. The third-order valence-corrected chi connectivity index (χ3v) is 5.86. The highest BCUT2D eigenvalue weighted by atomic mass is 32.1. The van der Waals surface area contributed by atoms with E-state index in [4.69, 9.17) is 0 Å². The zero-order chi connectivity index (χ0) is 18.5. The Bertz CT molecular complexity index is 722. The van der Waals surface area contributed by atoms with Crippen LogP contribution in [0, 0.1) is 5.92 Å². The number of aliphatic hydroxyl groups excluding tert-OH is 1. The molecule has 1 aliphatic heterocycles. The first-order valence-electron chi connectivity index (χ1n) is 9.06. The fourth-order valence-electron chi connectivity index (χ4n) is 3.25. The number of nitrogens with one attached hydrogen (secondary N) is 1. The molecule has 2 aromatic heterocycles. The van der Waals surface area contributed by atoms with E-state index in [1.54, 1.807) is 6.20 Å². The first kappa shape index (κ1) is 18.9. The van der Waals surface area contributed by atoms with E-state index in [2.05, 4.69) is 25.4 Å². The largest absolute Gasteiger partial charge is 0.385 e. The molecule has 1 fully saturated rings. The quantitative estimate of drug-likeness (QED) is 0.760. The van der Waals surface area contributed by atoms with Crippen molar-refractivity contribution in [2.45, 2.75) is 38.7 Å². The van der Waals surface area contributed by atoms with E-state index in [0.717, 1.165) is 49.7 Å². The van der Waals surface area contributed by atoms with Gasteiger partial charge in [0.2, 0.25) is 11.0 Å². The summed E-state index contributed by atoms with van der Waals surface area (Å²) in [5, 5.41) is 22.8. The Morgan fingerprint density at radius 2 is 2.19 bits per heavy atom. The van der Waals surface area contributed by atoms with E-state index in [-0.39, 0.29) is 11.8 Å². The molecule has 1 amide bonds. The molecule has 1 atom stereocenters. The van der Waals surface area contributed by atoms with Gasteiger partial charge < -0.3 is 19.9 Å². The fourth-order valence-corrected chi connectivity index (χ4v) is 3.95. The second-order valence-corrected chi connectivity index (χ2v) is 7.74. The maximum absolute atomic E-state index is 12.1. The number of piperidine rings is 1. The second kappa shape index (κ2) is 8.70. The lowest BCUT2D eigenvalue weighted by Gasteiger charge is -2.33. The van der Waals surface area contributed by atoms with Crippen LogP contribution in [0.1, 0.15) is 43.1 Å². The van der Waals surface area contributed by atoms with Crippen molar-refractivity contribution in [3.63, 3.8) is 0 Å². The van der Waals surface area contributed by atoms with Crippen LogP contribution in [0.4, 0.5) is 5.13 Å². The summed E-state index contributed by atoms with van der Waals surface area (Å²) in [6.45, 7) is 4.51. The Morgan fingerprint density at radius 1 is 1.42 bits per heavy atom. The fraction of sp³-hybridized carbons (Fsp3) is 0.647. The van der Waals surface area contributed by atoms with Gasteiger partial charge in [0, 0.05) is 32.4 Å². The number of hydrogen-bond acceptors (Lipinski definition) is 7. The van der Waals surface area contributed by atoms with E-state index in [9.17, 15) is 9.90 Å². The van der Waals surface area contributed by atoms with Crippen LogP contribution in [0.3, 0.4) is 0 Å². The molecule has 9 heteroatoms. The number of rotatable bonds is 7. The number of imidazole rings is 1. The average molecular weight is 379 g/mol. The van der Waals surface area contributed by atoms with E-state index in [1.807, 2.05) is 24.7 Å². The molecule has 2 N–H and O–H groups in total. The molecule has 8 nitrogen and oxygen atoms in total. The van der Waals surface area contributed by atoms with Crippen LogP contribution in [0.25, 0.3) is 0 Å². The molecule has 0 aliphatic carbocycles. The summed E-state index contributed by atoms with van der Waals surface area (Å²) in [6, 6.07) is 0. The van der Waals surface area contributed by atoms with Crippen LogP contribution in [-0.4, -0.2) is 55.3 Å². The first-order chi connectivity index (χ1) is 12.6. The average Bonchev–Trinajstić information content (AvgIpc) is 3.28. The Balaban J connectivity index is 1.40. The van der Waals surface area contributed by atoms with Gasteiger partial charge >= 0.3 is 0 Å². The number of likely N-dealkylation sites (tertiary alicyclic amines) is 1. The first-order valence-corrected chi connectivity index (χ1v) is 9.88. The van der Waals surface area contributed by atoms with E-state index < -0.39 is 6.10 Å². The van der Waals surface area contributed by atoms with E-state index in [0.29, 0.717) is 11.6 Å². The van der Waals surface area contributed by atoms with Gasteiger partial charge in [-0.05, 0) is 38.3 Å². The zero-order valence-electron chi connectivity index (χ0n) is 15.3. The van der Waals surface area contributed by atoms with Crippen molar-refractivity contribution in [1.29, 1.82) is 0 Å². The van der Waals surface area contributed by atoms with Gasteiger partial charge in [0.1, 0.15) is 16.9 Å². The molecule has 26 heavy (non-hydrogen) atoms. The number of aryl methyl sites for hydroxylation is 2. The lowest BCUT2D eigenvalue weighted by atomic mass is 9.90. The number of aliphatic hydroxyl groups is 1. The van der Waals surface area contributed by atoms with Gasteiger partial charge in [-0.2, -0.15) is 0 Å². The number of anilines is 1. The van der Waals surface area contributed by atoms with Crippen molar-refractivity contribution in [2.75, 3.05) is 25.0 Å². The highest BCUT2D eigenvalue weighted by molar-refractivity contribution is 7.15. The molecule has 2 aromatic rings. The normalized spacial score (nSPS) is 17.3. The molecule has 0 unspecified atom stereocenters. The number of amides is 1. The molecule has 3 heterocycles. The number of carbonyl (C=O) groups is 1. The predicted molar refractivity (Wildman–Crippen MR) is 99.9 cm³/mol. The highest BCUT2D eigenvalue weighted by Crippen LogP contribution is 2.29. The van der Waals surface area contributed by atoms with Gasteiger partial charge in [-0.25, -0.2) is 4.98 Å². The second-order valence-electron chi connectivity index (χ2n) is 6.67. The minimum absolute atomic E-state index is 0.0287. The molecule has 1 aliphatic rings. The van der Waals surface area contributed by atoms with E-state index in [1.165, 1.54) is 11.3 Å². The molecular weight excluding hydrogens is 352 g/mol. The molecular formula is C17H26N6O2S. The number of carbonyl (C=O) groups excluding carboxylic acids is 1. The van der Waals surface area contributed by atoms with Gasteiger partial charge in [-0.1, -0.05) is 18.3 Å². The summed E-state index contributed by atoms with van der Waals surface area (Å²) in [7, 11) is 1.90. The van der Waals surface area contributed by atoms with Gasteiger partial charge in [-0.15, -0.1) is 10.2 Å². The van der Waals surface area contributed by atoms with Crippen LogP contribution in [0.15, 0.2) is 12.4 Å². The minimum atomic E-state index is -0.523. The van der Waals surface area contributed by atoms with Gasteiger partial charge in [0.25, 0.3) is 0 Å². The van der Waals surface area contributed by atoms with Crippen LogP contribution < -0.4 is 5.32 Å². The smallest absolute Gasteiger partial charge is 0.227 e. The minimum Gasteiger partial charge on any atom is -0.385 e. The van der Waals surface area contributed by atoms with Crippen LogP contribution in [-0.2, 0) is 18.3 Å². The molecule has 0 saturated carbocycles. The Labute approximate surface area is 157 Å². The van der Waals surface area contributed by atoms with Crippen molar-refractivity contribution < 1.29 is 9.90 Å². The topological polar surface area (TPSA) is 96.2 Å². The molecule has 3 rings (SSSR count). The molecule has 0 aromatic carbocycles. The molecule has 142 valence electrons.